The molecule has 0 N–H and O–H groups in total. The van der Waals surface area contributed by atoms with E-state index in [0.717, 1.165) is 6.54 Å². The molecular weight excluding hydrogens is 284 g/mol. The molecule has 0 radical (unpaired) electrons. The molecule has 3 nitrogen and oxygen atoms in total. The van der Waals surface area contributed by atoms with Crippen molar-refractivity contribution in [1.82, 2.24) is 9.78 Å². The summed E-state index contributed by atoms with van der Waals surface area (Å²) in [5, 5.41) is 4.83. The molecule has 21 heavy (non-hydrogen) atoms. The van der Waals surface area contributed by atoms with Gasteiger partial charge in [-0.3, -0.25) is 9.48 Å². The topological polar surface area (TPSA) is 34.9 Å². The molecule has 2 aromatic rings. The quantitative estimate of drug-likeness (QED) is 0.599. The predicted molar refractivity (Wildman–Crippen MR) is 86.8 cm³/mol. The van der Waals surface area contributed by atoms with Gasteiger partial charge in [-0.05, 0) is 30.6 Å². The van der Waals surface area contributed by atoms with Crippen molar-refractivity contribution in [3.8, 4) is 0 Å². The Bertz CT molecular complexity index is 654. The molecule has 2 rings (SSSR count). The van der Waals surface area contributed by atoms with Crippen molar-refractivity contribution in [2.75, 3.05) is 0 Å². The summed E-state index contributed by atoms with van der Waals surface area (Å²) in [6.45, 7) is 6.99. The highest BCUT2D eigenvalue weighted by Gasteiger charge is 2.06. The summed E-state index contributed by atoms with van der Waals surface area (Å²) < 4.78 is 1.74. The third kappa shape index (κ3) is 3.82. The highest BCUT2D eigenvalue weighted by Crippen LogP contribution is 2.17. The molecule has 0 atom stereocenters. The molecule has 110 valence electrons. The molecule has 0 aliphatic carbocycles. The van der Waals surface area contributed by atoms with Crippen molar-refractivity contribution < 1.29 is 4.79 Å². The van der Waals surface area contributed by atoms with Crippen LogP contribution >= 0.6 is 11.6 Å². The van der Waals surface area contributed by atoms with E-state index < -0.39 is 0 Å². The number of hydrogen-bond acceptors (Lipinski definition) is 2. The lowest BCUT2D eigenvalue weighted by Gasteiger charge is -2.04. The molecule has 0 unspecified atom stereocenters. The normalized spacial score (nSPS) is 11.5. The first-order chi connectivity index (χ1) is 10.0. The van der Waals surface area contributed by atoms with Crippen LogP contribution in [-0.2, 0) is 6.54 Å². The Kier molecular flexibility index (Phi) is 4.97. The van der Waals surface area contributed by atoms with Gasteiger partial charge < -0.3 is 0 Å². The van der Waals surface area contributed by atoms with E-state index in [1.165, 1.54) is 11.6 Å². The number of aromatic nitrogens is 2. The standard InChI is InChI=1S/C17H19ClN2O/c1-4-20-11-15(18)16(19-20)9-10-17(21)14-7-5-13(6-8-14)12(2)3/h5-12H,4H2,1-3H3/b10-9+. The van der Waals surface area contributed by atoms with Crippen molar-refractivity contribution in [2.24, 2.45) is 0 Å². The van der Waals surface area contributed by atoms with E-state index in [-0.39, 0.29) is 5.78 Å². The van der Waals surface area contributed by atoms with E-state index in [2.05, 4.69) is 18.9 Å². The summed E-state index contributed by atoms with van der Waals surface area (Å²) in [4.78, 5) is 12.1. The summed E-state index contributed by atoms with van der Waals surface area (Å²) in [5.74, 6) is 0.411. The zero-order valence-corrected chi connectivity index (χ0v) is 13.3. The van der Waals surface area contributed by atoms with Crippen LogP contribution in [0.1, 0.15) is 48.3 Å². The Balaban J connectivity index is 2.13. The van der Waals surface area contributed by atoms with Gasteiger partial charge >= 0.3 is 0 Å². The largest absolute Gasteiger partial charge is 0.289 e. The SMILES string of the molecule is CCn1cc(Cl)c(/C=C/C(=O)c2ccc(C(C)C)cc2)n1. The van der Waals surface area contributed by atoms with Crippen molar-refractivity contribution in [3.05, 3.63) is 58.4 Å². The number of ketones is 1. The minimum absolute atomic E-state index is 0.0487. The molecule has 0 bridgehead atoms. The number of carbonyl (C=O) groups excluding carboxylic acids is 1. The summed E-state index contributed by atoms with van der Waals surface area (Å²) in [6.07, 6.45) is 4.93. The molecule has 0 saturated carbocycles. The predicted octanol–water partition coefficient (Wildman–Crippen LogP) is 4.58. The van der Waals surface area contributed by atoms with Crippen LogP contribution in [0.2, 0.25) is 5.02 Å². The van der Waals surface area contributed by atoms with Gasteiger partial charge in [-0.2, -0.15) is 5.10 Å². The van der Waals surface area contributed by atoms with Gasteiger partial charge in [-0.25, -0.2) is 0 Å². The number of aryl methyl sites for hydroxylation is 1. The Labute approximate surface area is 130 Å². The van der Waals surface area contributed by atoms with Crippen LogP contribution in [0, 0.1) is 0 Å². The van der Waals surface area contributed by atoms with Gasteiger partial charge in [0.15, 0.2) is 5.78 Å². The second-order valence-electron chi connectivity index (χ2n) is 5.19. The van der Waals surface area contributed by atoms with Crippen LogP contribution in [0.4, 0.5) is 0 Å². The number of carbonyl (C=O) groups is 1. The van der Waals surface area contributed by atoms with Gasteiger partial charge in [0, 0.05) is 18.3 Å². The lowest BCUT2D eigenvalue weighted by atomic mass is 10.0. The van der Waals surface area contributed by atoms with E-state index in [1.54, 1.807) is 17.0 Å². The molecule has 0 spiro atoms. The van der Waals surface area contributed by atoms with E-state index >= 15 is 0 Å². The van der Waals surface area contributed by atoms with Crippen LogP contribution in [0.3, 0.4) is 0 Å². The number of benzene rings is 1. The van der Waals surface area contributed by atoms with E-state index in [0.29, 0.717) is 22.2 Å². The van der Waals surface area contributed by atoms with Gasteiger partial charge in [-0.1, -0.05) is 49.7 Å². The monoisotopic (exact) mass is 302 g/mol. The van der Waals surface area contributed by atoms with Crippen LogP contribution < -0.4 is 0 Å². The highest BCUT2D eigenvalue weighted by atomic mass is 35.5. The number of rotatable bonds is 5. The zero-order chi connectivity index (χ0) is 15.4. The average molecular weight is 303 g/mol. The van der Waals surface area contributed by atoms with Gasteiger partial charge in [0.2, 0.25) is 0 Å². The first-order valence-corrected chi connectivity index (χ1v) is 7.44. The van der Waals surface area contributed by atoms with Crippen LogP contribution in [0.5, 0.6) is 0 Å². The number of allylic oxidation sites excluding steroid dienone is 1. The smallest absolute Gasteiger partial charge is 0.185 e. The Morgan fingerprint density at radius 1 is 1.33 bits per heavy atom. The van der Waals surface area contributed by atoms with Crippen molar-refractivity contribution in [1.29, 1.82) is 0 Å². The van der Waals surface area contributed by atoms with E-state index in [1.807, 2.05) is 31.2 Å². The van der Waals surface area contributed by atoms with E-state index in [4.69, 9.17) is 11.6 Å². The Morgan fingerprint density at radius 2 is 2.00 bits per heavy atom. The first-order valence-electron chi connectivity index (χ1n) is 7.06. The maximum absolute atomic E-state index is 12.1. The highest BCUT2D eigenvalue weighted by molar-refractivity contribution is 6.31. The average Bonchev–Trinajstić information content (AvgIpc) is 2.85. The third-order valence-electron chi connectivity index (χ3n) is 3.32. The lowest BCUT2D eigenvalue weighted by Crippen LogP contribution is -1.96. The Hall–Kier alpha value is -1.87. The number of halogens is 1. The minimum Gasteiger partial charge on any atom is -0.289 e. The van der Waals surface area contributed by atoms with Crippen LogP contribution in [0.15, 0.2) is 36.5 Å². The summed E-state index contributed by atoms with van der Waals surface area (Å²) >= 11 is 6.06. The van der Waals surface area contributed by atoms with Gasteiger partial charge in [0.05, 0.1) is 5.02 Å². The van der Waals surface area contributed by atoms with Gasteiger partial charge in [-0.15, -0.1) is 0 Å². The molecule has 0 fully saturated rings. The van der Waals surface area contributed by atoms with E-state index in [9.17, 15) is 4.79 Å². The van der Waals surface area contributed by atoms with Gasteiger partial charge in [0.25, 0.3) is 0 Å². The van der Waals surface area contributed by atoms with Crippen molar-refractivity contribution >= 4 is 23.5 Å². The minimum atomic E-state index is -0.0487. The maximum atomic E-state index is 12.1. The van der Waals surface area contributed by atoms with Gasteiger partial charge in [0.1, 0.15) is 5.69 Å². The fraction of sp³-hybridized carbons (Fsp3) is 0.294. The Morgan fingerprint density at radius 3 is 2.52 bits per heavy atom. The molecule has 1 aromatic heterocycles. The molecule has 1 heterocycles. The van der Waals surface area contributed by atoms with Crippen molar-refractivity contribution in [2.45, 2.75) is 33.2 Å². The summed E-state index contributed by atoms with van der Waals surface area (Å²) in [6, 6.07) is 7.69. The molecule has 1 aromatic carbocycles. The molecule has 0 aliphatic heterocycles. The third-order valence-corrected chi connectivity index (χ3v) is 3.61. The summed E-state index contributed by atoms with van der Waals surface area (Å²) in [7, 11) is 0. The molecule has 0 aliphatic rings. The second-order valence-corrected chi connectivity index (χ2v) is 5.60. The fourth-order valence-corrected chi connectivity index (χ4v) is 2.18. The van der Waals surface area contributed by atoms with Crippen LogP contribution in [0.25, 0.3) is 6.08 Å². The number of nitrogens with zero attached hydrogens (tertiary/aromatic N) is 2. The summed E-state index contributed by atoms with van der Waals surface area (Å²) in [5.41, 5.74) is 2.51. The molecular formula is C17H19ClN2O. The zero-order valence-electron chi connectivity index (χ0n) is 12.5. The second kappa shape index (κ2) is 6.72. The number of hydrogen-bond donors (Lipinski definition) is 0. The maximum Gasteiger partial charge on any atom is 0.185 e. The van der Waals surface area contributed by atoms with Crippen LogP contribution in [-0.4, -0.2) is 15.6 Å². The molecule has 0 amide bonds. The first kappa shape index (κ1) is 15.5. The molecule has 0 saturated heterocycles. The lowest BCUT2D eigenvalue weighted by molar-refractivity contribution is 0.104. The fourth-order valence-electron chi connectivity index (χ4n) is 1.97. The van der Waals surface area contributed by atoms with Crippen molar-refractivity contribution in [3.63, 3.8) is 0 Å². The molecule has 4 heteroatoms.